The molecule has 0 spiro atoms. The first-order valence-corrected chi connectivity index (χ1v) is 6.87. The van der Waals surface area contributed by atoms with Gasteiger partial charge in [0, 0.05) is 37.3 Å². The Morgan fingerprint density at radius 2 is 2.15 bits per heavy atom. The minimum absolute atomic E-state index is 0.0280. The Labute approximate surface area is 117 Å². The van der Waals surface area contributed by atoms with Gasteiger partial charge in [-0.2, -0.15) is 5.26 Å². The van der Waals surface area contributed by atoms with E-state index in [-0.39, 0.29) is 5.69 Å². The van der Waals surface area contributed by atoms with Crippen molar-refractivity contribution in [2.24, 2.45) is 0 Å². The lowest BCUT2D eigenvalue weighted by Gasteiger charge is -2.27. The summed E-state index contributed by atoms with van der Waals surface area (Å²) in [5, 5.41) is 23.6. The maximum absolute atomic E-state index is 10.8. The summed E-state index contributed by atoms with van der Waals surface area (Å²) in [5.74, 6) is 0. The van der Waals surface area contributed by atoms with E-state index in [0.717, 1.165) is 31.6 Å². The van der Waals surface area contributed by atoms with Crippen molar-refractivity contribution >= 4 is 11.4 Å². The summed E-state index contributed by atoms with van der Waals surface area (Å²) >= 11 is 0. The molecule has 104 valence electrons. The van der Waals surface area contributed by atoms with Crippen LogP contribution >= 0.6 is 0 Å². The quantitative estimate of drug-likeness (QED) is 0.655. The van der Waals surface area contributed by atoms with E-state index in [2.05, 4.69) is 16.3 Å². The zero-order valence-corrected chi connectivity index (χ0v) is 11.1. The highest BCUT2D eigenvalue weighted by atomic mass is 16.6. The molecule has 2 heterocycles. The average molecular weight is 272 g/mol. The van der Waals surface area contributed by atoms with Crippen molar-refractivity contribution in [1.82, 2.24) is 5.32 Å². The minimum Gasteiger partial charge on any atom is -0.369 e. The SMILES string of the molecule is N#Cc1cc([N+](=O)[O-])ccc1N1CCC2CCC(C1)N2. The van der Waals surface area contributed by atoms with E-state index in [4.69, 9.17) is 0 Å². The second kappa shape index (κ2) is 5.10. The van der Waals surface area contributed by atoms with Crippen LogP contribution < -0.4 is 10.2 Å². The third kappa shape index (κ3) is 2.32. The van der Waals surface area contributed by atoms with E-state index in [1.54, 1.807) is 6.07 Å². The van der Waals surface area contributed by atoms with Crippen LogP contribution in [0.2, 0.25) is 0 Å². The van der Waals surface area contributed by atoms with Gasteiger partial charge in [0.15, 0.2) is 0 Å². The first-order chi connectivity index (χ1) is 9.67. The summed E-state index contributed by atoms with van der Waals surface area (Å²) in [5.41, 5.74) is 1.17. The predicted octanol–water partition coefficient (Wildman–Crippen LogP) is 1.80. The number of nitrogens with zero attached hydrogens (tertiary/aromatic N) is 3. The Kier molecular flexibility index (Phi) is 3.28. The highest BCUT2D eigenvalue weighted by molar-refractivity contribution is 5.63. The van der Waals surface area contributed by atoms with E-state index in [1.165, 1.54) is 18.6 Å². The van der Waals surface area contributed by atoms with Gasteiger partial charge in [0.2, 0.25) is 0 Å². The standard InChI is InChI=1S/C14H16N4O2/c15-8-10-7-13(18(19)20)3-4-14(10)17-6-5-11-1-2-12(9-17)16-11/h3-4,7,11-12,16H,1-2,5-6,9H2. The molecule has 2 fully saturated rings. The number of benzene rings is 1. The van der Waals surface area contributed by atoms with E-state index >= 15 is 0 Å². The van der Waals surface area contributed by atoms with Gasteiger partial charge in [-0.05, 0) is 25.3 Å². The summed E-state index contributed by atoms with van der Waals surface area (Å²) in [7, 11) is 0. The molecule has 1 aromatic carbocycles. The summed E-state index contributed by atoms with van der Waals surface area (Å²) in [4.78, 5) is 12.5. The lowest BCUT2D eigenvalue weighted by Crippen LogP contribution is -2.35. The van der Waals surface area contributed by atoms with Crippen LogP contribution in [0.4, 0.5) is 11.4 Å². The number of hydrogen-bond donors (Lipinski definition) is 1. The van der Waals surface area contributed by atoms with Crippen LogP contribution in [-0.4, -0.2) is 30.1 Å². The number of nitriles is 1. The first-order valence-electron chi connectivity index (χ1n) is 6.87. The molecular weight excluding hydrogens is 256 g/mol. The number of anilines is 1. The fraction of sp³-hybridized carbons (Fsp3) is 0.500. The maximum atomic E-state index is 10.8. The lowest BCUT2D eigenvalue weighted by molar-refractivity contribution is -0.384. The molecule has 6 heteroatoms. The largest absolute Gasteiger partial charge is 0.369 e. The first kappa shape index (κ1) is 12.9. The minimum atomic E-state index is -0.462. The number of non-ortho nitro benzene ring substituents is 1. The molecule has 0 aromatic heterocycles. The summed E-state index contributed by atoms with van der Waals surface area (Å²) < 4.78 is 0. The molecule has 2 saturated heterocycles. The van der Waals surface area contributed by atoms with Gasteiger partial charge in [-0.1, -0.05) is 0 Å². The molecule has 2 aliphatic rings. The monoisotopic (exact) mass is 272 g/mol. The van der Waals surface area contributed by atoms with Crippen LogP contribution in [-0.2, 0) is 0 Å². The molecule has 20 heavy (non-hydrogen) atoms. The van der Waals surface area contributed by atoms with Gasteiger partial charge < -0.3 is 10.2 Å². The number of nitrogens with one attached hydrogen (secondary N) is 1. The molecule has 0 saturated carbocycles. The van der Waals surface area contributed by atoms with Crippen LogP contribution in [0.3, 0.4) is 0 Å². The zero-order valence-electron chi connectivity index (χ0n) is 11.1. The normalized spacial score (nSPS) is 25.1. The van der Waals surface area contributed by atoms with Crippen molar-refractivity contribution in [3.8, 4) is 6.07 Å². The molecule has 0 aliphatic carbocycles. The van der Waals surface area contributed by atoms with Crippen molar-refractivity contribution in [3.63, 3.8) is 0 Å². The molecule has 1 aromatic rings. The number of nitro groups is 1. The predicted molar refractivity (Wildman–Crippen MR) is 74.6 cm³/mol. The van der Waals surface area contributed by atoms with E-state index in [0.29, 0.717) is 17.6 Å². The fourth-order valence-electron chi connectivity index (χ4n) is 3.16. The third-order valence-corrected chi connectivity index (χ3v) is 4.18. The second-order valence-electron chi connectivity index (χ2n) is 5.44. The highest BCUT2D eigenvalue weighted by Gasteiger charge is 2.30. The van der Waals surface area contributed by atoms with E-state index in [9.17, 15) is 15.4 Å². The third-order valence-electron chi connectivity index (χ3n) is 4.18. The van der Waals surface area contributed by atoms with Crippen LogP contribution in [0.1, 0.15) is 24.8 Å². The molecule has 2 bridgehead atoms. The molecular formula is C14H16N4O2. The van der Waals surface area contributed by atoms with Crippen molar-refractivity contribution in [2.75, 3.05) is 18.0 Å². The van der Waals surface area contributed by atoms with Gasteiger partial charge >= 0.3 is 0 Å². The van der Waals surface area contributed by atoms with Crippen LogP contribution in [0, 0.1) is 21.4 Å². The molecule has 2 unspecified atom stereocenters. The number of nitro benzene ring substituents is 1. The molecule has 3 rings (SSSR count). The lowest BCUT2D eigenvalue weighted by atomic mass is 10.1. The van der Waals surface area contributed by atoms with E-state index in [1.807, 2.05) is 0 Å². The fourth-order valence-corrected chi connectivity index (χ4v) is 3.16. The zero-order chi connectivity index (χ0) is 14.1. The molecule has 2 aliphatic heterocycles. The van der Waals surface area contributed by atoms with Gasteiger partial charge in [0.05, 0.1) is 16.2 Å². The van der Waals surface area contributed by atoms with Crippen LogP contribution in [0.25, 0.3) is 0 Å². The van der Waals surface area contributed by atoms with E-state index < -0.39 is 4.92 Å². The second-order valence-corrected chi connectivity index (χ2v) is 5.44. The highest BCUT2D eigenvalue weighted by Crippen LogP contribution is 2.29. The van der Waals surface area contributed by atoms with Crippen molar-refractivity contribution in [2.45, 2.75) is 31.3 Å². The summed E-state index contributed by atoms with van der Waals surface area (Å²) in [6, 6.07) is 7.68. The summed E-state index contributed by atoms with van der Waals surface area (Å²) in [6.07, 6.45) is 3.44. The Bertz CT molecular complexity index is 581. The van der Waals surface area contributed by atoms with Gasteiger partial charge in [0.1, 0.15) is 6.07 Å². The topological polar surface area (TPSA) is 82.2 Å². The van der Waals surface area contributed by atoms with Gasteiger partial charge in [-0.3, -0.25) is 10.1 Å². The van der Waals surface area contributed by atoms with Crippen LogP contribution in [0.5, 0.6) is 0 Å². The summed E-state index contributed by atoms with van der Waals surface area (Å²) in [6.45, 7) is 1.75. The smallest absolute Gasteiger partial charge is 0.270 e. The van der Waals surface area contributed by atoms with Crippen molar-refractivity contribution in [3.05, 3.63) is 33.9 Å². The Morgan fingerprint density at radius 3 is 2.90 bits per heavy atom. The number of rotatable bonds is 2. The molecule has 1 N–H and O–H groups in total. The average Bonchev–Trinajstić information content (AvgIpc) is 2.78. The van der Waals surface area contributed by atoms with Crippen LogP contribution in [0.15, 0.2) is 18.2 Å². The Hall–Kier alpha value is -2.13. The number of hydrogen-bond acceptors (Lipinski definition) is 5. The van der Waals surface area contributed by atoms with Crippen molar-refractivity contribution in [1.29, 1.82) is 5.26 Å². The number of fused-ring (bicyclic) bond motifs is 2. The van der Waals surface area contributed by atoms with Gasteiger partial charge in [0.25, 0.3) is 5.69 Å². The van der Waals surface area contributed by atoms with Crippen molar-refractivity contribution < 1.29 is 4.92 Å². The molecule has 0 amide bonds. The molecule has 0 radical (unpaired) electrons. The Balaban J connectivity index is 1.89. The maximum Gasteiger partial charge on any atom is 0.270 e. The van der Waals surface area contributed by atoms with Gasteiger partial charge in [-0.15, -0.1) is 0 Å². The Morgan fingerprint density at radius 1 is 1.35 bits per heavy atom. The molecule has 2 atom stereocenters. The molecule has 6 nitrogen and oxygen atoms in total. The van der Waals surface area contributed by atoms with Gasteiger partial charge in [-0.25, -0.2) is 0 Å².